The zero-order chi connectivity index (χ0) is 21.8. The number of nitrogen functional groups attached to an aromatic ring is 1. The average Bonchev–Trinajstić information content (AvgIpc) is 3.14. The van der Waals surface area contributed by atoms with Crippen molar-refractivity contribution in [3.05, 3.63) is 59.8 Å². The van der Waals surface area contributed by atoms with Gasteiger partial charge in [-0.05, 0) is 13.0 Å². The highest BCUT2D eigenvalue weighted by Crippen LogP contribution is 2.24. The van der Waals surface area contributed by atoms with E-state index in [1.54, 1.807) is 30.1 Å². The van der Waals surface area contributed by atoms with Crippen molar-refractivity contribution in [2.45, 2.75) is 6.92 Å². The van der Waals surface area contributed by atoms with Gasteiger partial charge in [0.25, 0.3) is 0 Å². The van der Waals surface area contributed by atoms with Crippen molar-refractivity contribution >= 4 is 30.1 Å². The molecule has 10 heteroatoms. The molecule has 3 aromatic rings. The zero-order valence-electron chi connectivity index (χ0n) is 18.1. The highest BCUT2D eigenvalue weighted by molar-refractivity contribution is 5.85. The number of aromatic nitrogens is 4. The van der Waals surface area contributed by atoms with Crippen LogP contribution in [-0.2, 0) is 0 Å². The van der Waals surface area contributed by atoms with Crippen LogP contribution in [0.4, 0.5) is 16.0 Å². The van der Waals surface area contributed by atoms with Crippen LogP contribution in [0.25, 0.3) is 11.9 Å². The third-order valence-corrected chi connectivity index (χ3v) is 5.41. The smallest absolute Gasteiger partial charge is 0.221 e. The van der Waals surface area contributed by atoms with E-state index in [0.717, 1.165) is 49.7 Å². The normalized spacial score (nSPS) is 14.5. The third-order valence-electron chi connectivity index (χ3n) is 5.41. The molecule has 32 heavy (non-hydrogen) atoms. The summed E-state index contributed by atoms with van der Waals surface area (Å²) in [5.41, 5.74) is 8.55. The highest BCUT2D eigenvalue weighted by Gasteiger charge is 2.17. The third kappa shape index (κ3) is 5.35. The van der Waals surface area contributed by atoms with Gasteiger partial charge in [0.2, 0.25) is 5.95 Å². The van der Waals surface area contributed by atoms with E-state index in [4.69, 9.17) is 10.5 Å². The molecule has 170 valence electrons. The van der Waals surface area contributed by atoms with Gasteiger partial charge in [-0.15, -0.1) is 12.4 Å². The second-order valence-corrected chi connectivity index (χ2v) is 7.41. The summed E-state index contributed by atoms with van der Waals surface area (Å²) in [4.78, 5) is 12.7. The number of benzene rings is 1. The maximum absolute atomic E-state index is 13.8. The molecule has 1 aliphatic rings. The van der Waals surface area contributed by atoms with Gasteiger partial charge in [0.05, 0.1) is 19.0 Å². The van der Waals surface area contributed by atoms with Crippen molar-refractivity contribution in [1.29, 1.82) is 0 Å². The van der Waals surface area contributed by atoms with Crippen molar-refractivity contribution in [3.63, 3.8) is 0 Å². The maximum atomic E-state index is 13.8. The Bertz CT molecular complexity index is 1080. The number of nitrogens with zero attached hydrogens (tertiary/aromatic N) is 6. The predicted molar refractivity (Wildman–Crippen MR) is 126 cm³/mol. The van der Waals surface area contributed by atoms with E-state index in [0.29, 0.717) is 11.6 Å². The van der Waals surface area contributed by atoms with Crippen LogP contribution in [0.5, 0.6) is 5.75 Å². The minimum atomic E-state index is -0.278. The molecule has 1 aromatic carbocycles. The molecule has 0 spiro atoms. The first-order valence-electron chi connectivity index (χ1n) is 10.2. The number of halogens is 2. The average molecular weight is 460 g/mol. The van der Waals surface area contributed by atoms with Crippen LogP contribution < -0.4 is 15.4 Å². The quantitative estimate of drug-likeness (QED) is 0.606. The van der Waals surface area contributed by atoms with Gasteiger partial charge >= 0.3 is 0 Å². The molecule has 3 heterocycles. The van der Waals surface area contributed by atoms with Gasteiger partial charge in [-0.3, -0.25) is 4.90 Å². The summed E-state index contributed by atoms with van der Waals surface area (Å²) in [6.07, 6.45) is 7.66. The Morgan fingerprint density at radius 2 is 1.97 bits per heavy atom. The molecule has 0 saturated carbocycles. The number of anilines is 2. The first-order valence-corrected chi connectivity index (χ1v) is 10.2. The van der Waals surface area contributed by atoms with Gasteiger partial charge in [-0.1, -0.05) is 12.2 Å². The summed E-state index contributed by atoms with van der Waals surface area (Å²) in [5, 5.41) is 4.42. The molecule has 0 radical (unpaired) electrons. The molecule has 8 nitrogen and oxygen atoms in total. The molecule has 2 N–H and O–H groups in total. The van der Waals surface area contributed by atoms with Crippen LogP contribution in [0.15, 0.2) is 42.7 Å². The SMILES string of the molecule is COc1cc(F)cc(N2CCN(CC=Cc3cnn(-c4ccnc(N)n4)c3C)CC2)c1.Cl. The predicted octanol–water partition coefficient (Wildman–Crippen LogP) is 2.96. The summed E-state index contributed by atoms with van der Waals surface area (Å²) in [5.74, 6) is 1.14. The molecule has 1 aliphatic heterocycles. The summed E-state index contributed by atoms with van der Waals surface area (Å²) in [7, 11) is 1.55. The lowest BCUT2D eigenvalue weighted by Crippen LogP contribution is -2.46. The van der Waals surface area contributed by atoms with E-state index in [2.05, 4.69) is 37.0 Å². The van der Waals surface area contributed by atoms with E-state index >= 15 is 0 Å². The summed E-state index contributed by atoms with van der Waals surface area (Å²) in [6.45, 7) is 6.32. The first kappa shape index (κ1) is 23.5. The Hall–Kier alpha value is -3.17. The van der Waals surface area contributed by atoms with Gasteiger partial charge in [-0.2, -0.15) is 10.1 Å². The van der Waals surface area contributed by atoms with Gasteiger partial charge in [0, 0.05) is 68.4 Å². The summed E-state index contributed by atoms with van der Waals surface area (Å²) < 4.78 is 20.7. The molecule has 0 aliphatic carbocycles. The van der Waals surface area contributed by atoms with E-state index in [-0.39, 0.29) is 24.2 Å². The highest BCUT2D eigenvalue weighted by atomic mass is 35.5. The minimum absolute atomic E-state index is 0. The maximum Gasteiger partial charge on any atom is 0.221 e. The molecular formula is C22H27ClFN7O. The van der Waals surface area contributed by atoms with Crippen LogP contribution in [-0.4, -0.2) is 64.5 Å². The first-order chi connectivity index (χ1) is 15.0. The molecule has 1 fully saturated rings. The Balaban J connectivity index is 0.00000289. The molecule has 0 unspecified atom stereocenters. The lowest BCUT2D eigenvalue weighted by molar-refractivity contribution is 0.284. The Morgan fingerprint density at radius 1 is 1.19 bits per heavy atom. The van der Waals surface area contributed by atoms with Crippen molar-refractivity contribution in [2.75, 3.05) is 50.5 Å². The van der Waals surface area contributed by atoms with E-state index in [1.165, 1.54) is 6.07 Å². The minimum Gasteiger partial charge on any atom is -0.497 e. The number of hydrogen-bond donors (Lipinski definition) is 1. The lowest BCUT2D eigenvalue weighted by atomic mass is 10.2. The van der Waals surface area contributed by atoms with Crippen molar-refractivity contribution in [1.82, 2.24) is 24.6 Å². The van der Waals surface area contributed by atoms with Crippen LogP contribution in [0.3, 0.4) is 0 Å². The Labute approximate surface area is 192 Å². The van der Waals surface area contributed by atoms with Gasteiger partial charge < -0.3 is 15.4 Å². The van der Waals surface area contributed by atoms with Gasteiger partial charge in [0.15, 0.2) is 5.82 Å². The topological polar surface area (TPSA) is 85.3 Å². The molecule has 0 amide bonds. The van der Waals surface area contributed by atoms with Crippen molar-refractivity contribution in [3.8, 4) is 11.6 Å². The van der Waals surface area contributed by atoms with Crippen molar-refractivity contribution < 1.29 is 9.13 Å². The second-order valence-electron chi connectivity index (χ2n) is 7.41. The number of rotatable bonds is 6. The number of hydrogen-bond acceptors (Lipinski definition) is 7. The van der Waals surface area contributed by atoms with Gasteiger partial charge in [-0.25, -0.2) is 14.1 Å². The number of methoxy groups -OCH3 is 1. The number of nitrogens with two attached hydrogens (primary N) is 1. The van der Waals surface area contributed by atoms with Crippen LogP contribution in [0.2, 0.25) is 0 Å². The van der Waals surface area contributed by atoms with E-state index in [9.17, 15) is 4.39 Å². The lowest BCUT2D eigenvalue weighted by Gasteiger charge is -2.35. The monoisotopic (exact) mass is 459 g/mol. The fraction of sp³-hybridized carbons (Fsp3) is 0.318. The van der Waals surface area contributed by atoms with Crippen LogP contribution in [0, 0.1) is 12.7 Å². The molecule has 2 aromatic heterocycles. The Morgan fingerprint density at radius 3 is 2.69 bits per heavy atom. The summed E-state index contributed by atoms with van der Waals surface area (Å²) in [6, 6.07) is 6.61. The molecular weight excluding hydrogens is 433 g/mol. The van der Waals surface area contributed by atoms with Crippen molar-refractivity contribution in [2.24, 2.45) is 0 Å². The standard InChI is InChI=1S/C22H26FN7O.ClH/c1-16-17(15-26-30(16)21-5-6-25-22(24)27-21)4-3-7-28-8-10-29(11-9-28)19-12-18(23)13-20(14-19)31-2;/h3-6,12-15H,7-11H2,1-2H3,(H2,24,25,27);1H. The second kappa shape index (κ2) is 10.4. The fourth-order valence-electron chi connectivity index (χ4n) is 3.66. The zero-order valence-corrected chi connectivity index (χ0v) is 18.9. The largest absolute Gasteiger partial charge is 0.497 e. The fourth-order valence-corrected chi connectivity index (χ4v) is 3.66. The van der Waals surface area contributed by atoms with Gasteiger partial charge in [0.1, 0.15) is 11.6 Å². The van der Waals surface area contributed by atoms with Crippen LogP contribution >= 0.6 is 12.4 Å². The molecule has 4 rings (SSSR count). The molecule has 0 bridgehead atoms. The van der Waals surface area contributed by atoms with Crippen LogP contribution in [0.1, 0.15) is 11.3 Å². The summed E-state index contributed by atoms with van der Waals surface area (Å²) >= 11 is 0. The van der Waals surface area contributed by atoms with E-state index < -0.39 is 0 Å². The Kier molecular flexibility index (Phi) is 7.66. The number of ether oxygens (including phenoxy) is 1. The molecule has 1 saturated heterocycles. The number of piperazine rings is 1. The van der Waals surface area contributed by atoms with E-state index in [1.807, 2.05) is 19.2 Å². The molecule has 0 atom stereocenters.